The van der Waals surface area contributed by atoms with Crippen LogP contribution < -0.4 is 11.1 Å². The van der Waals surface area contributed by atoms with Crippen molar-refractivity contribution in [2.75, 3.05) is 18.5 Å². The average Bonchev–Trinajstić information content (AvgIpc) is 2.97. The maximum atomic E-state index is 11.9. The normalized spacial score (nSPS) is 17.4. The van der Waals surface area contributed by atoms with Gasteiger partial charge in [0.05, 0.1) is 12.6 Å². The number of ether oxygens (including phenoxy) is 1. The van der Waals surface area contributed by atoms with Crippen molar-refractivity contribution in [3.05, 3.63) is 29.8 Å². The Morgan fingerprint density at radius 3 is 3.15 bits per heavy atom. The smallest absolute Gasteiger partial charge is 0.224 e. The number of nitrogens with two attached hydrogens (primary N) is 1. The minimum absolute atomic E-state index is 0.0180. The first-order valence-corrected chi connectivity index (χ1v) is 6.98. The first-order valence-electron chi connectivity index (χ1n) is 6.98. The lowest BCUT2D eigenvalue weighted by Crippen LogP contribution is -2.15. The fraction of sp³-hybridized carbons (Fsp3) is 0.438. The Hall–Kier alpha value is -1.83. The van der Waals surface area contributed by atoms with E-state index in [0.717, 1.165) is 37.1 Å². The number of anilines is 1. The van der Waals surface area contributed by atoms with E-state index in [1.165, 1.54) is 0 Å². The van der Waals surface area contributed by atoms with Crippen LogP contribution in [0.25, 0.3) is 0 Å². The van der Waals surface area contributed by atoms with E-state index in [4.69, 9.17) is 10.5 Å². The van der Waals surface area contributed by atoms with Crippen molar-refractivity contribution in [2.24, 2.45) is 5.73 Å². The van der Waals surface area contributed by atoms with Crippen LogP contribution >= 0.6 is 0 Å². The quantitative estimate of drug-likeness (QED) is 0.823. The molecule has 2 rings (SSSR count). The van der Waals surface area contributed by atoms with Gasteiger partial charge in [0.15, 0.2) is 0 Å². The summed E-state index contributed by atoms with van der Waals surface area (Å²) in [4.78, 5) is 11.9. The molecule has 20 heavy (non-hydrogen) atoms. The monoisotopic (exact) mass is 272 g/mol. The predicted molar refractivity (Wildman–Crippen MR) is 79.2 cm³/mol. The molecule has 1 saturated heterocycles. The van der Waals surface area contributed by atoms with Crippen LogP contribution in [-0.2, 0) is 9.53 Å². The largest absolute Gasteiger partial charge is 0.378 e. The highest BCUT2D eigenvalue weighted by Crippen LogP contribution is 2.17. The second-order valence-corrected chi connectivity index (χ2v) is 4.81. The molecule has 1 aromatic carbocycles. The molecule has 4 heteroatoms. The molecule has 0 radical (unpaired) electrons. The van der Waals surface area contributed by atoms with Crippen LogP contribution in [0.3, 0.4) is 0 Å². The minimum Gasteiger partial charge on any atom is -0.378 e. The lowest BCUT2D eigenvalue weighted by atomic mass is 10.1. The number of carbonyl (C=O) groups excluding carboxylic acids is 1. The Kier molecular flexibility index (Phi) is 5.60. The highest BCUT2D eigenvalue weighted by Gasteiger charge is 2.16. The first kappa shape index (κ1) is 14.6. The molecular formula is C16H20N2O2. The van der Waals surface area contributed by atoms with Gasteiger partial charge >= 0.3 is 0 Å². The van der Waals surface area contributed by atoms with Crippen molar-refractivity contribution in [3.63, 3.8) is 0 Å². The number of nitrogens with one attached hydrogen (secondary N) is 1. The highest BCUT2D eigenvalue weighted by atomic mass is 16.5. The summed E-state index contributed by atoms with van der Waals surface area (Å²) >= 11 is 0. The summed E-state index contributed by atoms with van der Waals surface area (Å²) in [5.41, 5.74) is 6.96. The van der Waals surface area contributed by atoms with Gasteiger partial charge in [-0.15, -0.1) is 0 Å². The maximum absolute atomic E-state index is 11.9. The molecule has 4 nitrogen and oxygen atoms in total. The number of hydrogen-bond donors (Lipinski definition) is 2. The zero-order valence-corrected chi connectivity index (χ0v) is 11.5. The van der Waals surface area contributed by atoms with E-state index < -0.39 is 0 Å². The van der Waals surface area contributed by atoms with Gasteiger partial charge in [-0.05, 0) is 37.5 Å². The third-order valence-corrected chi connectivity index (χ3v) is 3.20. The van der Waals surface area contributed by atoms with E-state index in [9.17, 15) is 4.79 Å². The molecule has 0 spiro atoms. The molecule has 1 atom stereocenters. The van der Waals surface area contributed by atoms with Gasteiger partial charge in [-0.25, -0.2) is 0 Å². The molecule has 1 unspecified atom stereocenters. The van der Waals surface area contributed by atoms with Gasteiger partial charge in [0.1, 0.15) is 0 Å². The third kappa shape index (κ3) is 4.69. The van der Waals surface area contributed by atoms with Gasteiger partial charge in [-0.3, -0.25) is 4.79 Å². The third-order valence-electron chi connectivity index (χ3n) is 3.20. The molecule has 1 fully saturated rings. The first-order chi connectivity index (χ1) is 9.78. The summed E-state index contributed by atoms with van der Waals surface area (Å²) in [6.45, 7) is 1.16. The standard InChI is InChI=1S/C16H20N2O2/c17-10-2-5-13-4-1-6-14(12-13)18-16(19)9-8-15-7-3-11-20-15/h1,4,6,12,15H,3,7-11,17H2,(H,18,19). The molecule has 1 aliphatic rings. The van der Waals surface area contributed by atoms with Crippen LogP contribution in [0.5, 0.6) is 0 Å². The van der Waals surface area contributed by atoms with Gasteiger partial charge in [0, 0.05) is 24.3 Å². The van der Waals surface area contributed by atoms with E-state index in [-0.39, 0.29) is 12.0 Å². The van der Waals surface area contributed by atoms with Gasteiger partial charge in [-0.1, -0.05) is 17.9 Å². The van der Waals surface area contributed by atoms with Crippen LogP contribution in [0.2, 0.25) is 0 Å². The Balaban J connectivity index is 1.83. The molecule has 0 aliphatic carbocycles. The summed E-state index contributed by atoms with van der Waals surface area (Å²) in [5, 5.41) is 2.89. The zero-order valence-electron chi connectivity index (χ0n) is 11.5. The molecule has 0 aromatic heterocycles. The zero-order chi connectivity index (χ0) is 14.2. The fourth-order valence-corrected chi connectivity index (χ4v) is 2.22. The van der Waals surface area contributed by atoms with Crippen LogP contribution in [0.1, 0.15) is 31.2 Å². The molecule has 1 aliphatic heterocycles. The van der Waals surface area contributed by atoms with Gasteiger partial charge < -0.3 is 15.8 Å². The van der Waals surface area contributed by atoms with Crippen molar-refractivity contribution < 1.29 is 9.53 Å². The summed E-state index contributed by atoms with van der Waals surface area (Å²) in [7, 11) is 0. The second-order valence-electron chi connectivity index (χ2n) is 4.81. The van der Waals surface area contributed by atoms with Crippen molar-refractivity contribution in [1.29, 1.82) is 0 Å². The van der Waals surface area contributed by atoms with Crippen molar-refractivity contribution in [3.8, 4) is 11.8 Å². The summed E-state index contributed by atoms with van der Waals surface area (Å²) in [6, 6.07) is 7.48. The average molecular weight is 272 g/mol. The van der Waals surface area contributed by atoms with Crippen LogP contribution in [0.4, 0.5) is 5.69 Å². The molecule has 1 heterocycles. The number of benzene rings is 1. The van der Waals surface area contributed by atoms with E-state index >= 15 is 0 Å². The summed E-state index contributed by atoms with van der Waals surface area (Å²) < 4.78 is 5.51. The Labute approximate surface area is 119 Å². The fourth-order valence-electron chi connectivity index (χ4n) is 2.22. The summed E-state index contributed by atoms with van der Waals surface area (Å²) in [6.07, 6.45) is 3.70. The number of hydrogen-bond acceptors (Lipinski definition) is 3. The molecule has 1 aromatic rings. The summed E-state index contributed by atoms with van der Waals surface area (Å²) in [5.74, 6) is 5.76. The molecule has 106 valence electrons. The topological polar surface area (TPSA) is 64.3 Å². The van der Waals surface area contributed by atoms with E-state index in [1.54, 1.807) is 0 Å². The van der Waals surface area contributed by atoms with Crippen molar-refractivity contribution >= 4 is 11.6 Å². The number of rotatable bonds is 4. The van der Waals surface area contributed by atoms with E-state index in [1.807, 2.05) is 24.3 Å². The van der Waals surface area contributed by atoms with Gasteiger partial charge in [-0.2, -0.15) is 0 Å². The SMILES string of the molecule is NCC#Cc1cccc(NC(=O)CCC2CCCO2)c1. The number of carbonyl (C=O) groups is 1. The van der Waals surface area contributed by atoms with Crippen LogP contribution in [-0.4, -0.2) is 25.2 Å². The number of amides is 1. The van der Waals surface area contributed by atoms with Gasteiger partial charge in [0.2, 0.25) is 5.91 Å². The van der Waals surface area contributed by atoms with Gasteiger partial charge in [0.25, 0.3) is 0 Å². The lowest BCUT2D eigenvalue weighted by Gasteiger charge is -2.09. The molecular weight excluding hydrogens is 252 g/mol. The van der Waals surface area contributed by atoms with Crippen LogP contribution in [0, 0.1) is 11.8 Å². The predicted octanol–water partition coefficient (Wildman–Crippen LogP) is 1.89. The Bertz CT molecular complexity index is 511. The Morgan fingerprint density at radius 1 is 1.50 bits per heavy atom. The molecule has 3 N–H and O–H groups in total. The van der Waals surface area contributed by atoms with E-state index in [0.29, 0.717) is 13.0 Å². The van der Waals surface area contributed by atoms with E-state index in [2.05, 4.69) is 17.2 Å². The highest BCUT2D eigenvalue weighted by molar-refractivity contribution is 5.90. The second kappa shape index (κ2) is 7.68. The van der Waals surface area contributed by atoms with Crippen molar-refractivity contribution in [1.82, 2.24) is 0 Å². The molecule has 1 amide bonds. The van der Waals surface area contributed by atoms with Crippen LogP contribution in [0.15, 0.2) is 24.3 Å². The van der Waals surface area contributed by atoms with Crippen molar-refractivity contribution in [2.45, 2.75) is 31.8 Å². The lowest BCUT2D eigenvalue weighted by molar-refractivity contribution is -0.116. The Morgan fingerprint density at radius 2 is 2.40 bits per heavy atom. The maximum Gasteiger partial charge on any atom is 0.224 e. The minimum atomic E-state index is 0.0180. The molecule has 0 saturated carbocycles. The molecule has 0 bridgehead atoms.